The molecule has 5 nitrogen and oxygen atoms in total. The molecule has 1 aromatic carbocycles. The fraction of sp³-hybridized carbons (Fsp3) is 0.182. The first-order valence-corrected chi connectivity index (χ1v) is 4.85. The Bertz CT molecular complexity index is 519. The second kappa shape index (κ2) is 4.14. The van der Waals surface area contributed by atoms with Crippen LogP contribution < -0.4 is 0 Å². The molecule has 0 spiro atoms. The molecule has 5 heteroatoms. The number of benzene rings is 1. The van der Waals surface area contributed by atoms with E-state index >= 15 is 0 Å². The highest BCUT2D eigenvalue weighted by Crippen LogP contribution is 2.19. The van der Waals surface area contributed by atoms with E-state index < -0.39 is 5.97 Å². The Balaban J connectivity index is 2.32. The molecule has 2 rings (SSSR count). The first-order valence-electron chi connectivity index (χ1n) is 4.85. The van der Waals surface area contributed by atoms with E-state index in [2.05, 4.69) is 10.3 Å². The van der Waals surface area contributed by atoms with E-state index in [0.29, 0.717) is 5.69 Å². The third kappa shape index (κ3) is 2.08. The number of aromatic nitrogens is 3. The number of carboxylic acid groups (broad SMARTS) is 1. The van der Waals surface area contributed by atoms with Gasteiger partial charge in [0.25, 0.3) is 0 Å². The van der Waals surface area contributed by atoms with Gasteiger partial charge in [0, 0.05) is 5.56 Å². The normalized spacial score (nSPS) is 10.3. The fourth-order valence-electron chi connectivity index (χ4n) is 1.50. The highest BCUT2D eigenvalue weighted by atomic mass is 16.4. The van der Waals surface area contributed by atoms with Crippen molar-refractivity contribution in [3.8, 4) is 11.3 Å². The molecule has 0 aliphatic carbocycles. The Hall–Kier alpha value is -2.17. The van der Waals surface area contributed by atoms with Gasteiger partial charge in [0.05, 0.1) is 6.20 Å². The summed E-state index contributed by atoms with van der Waals surface area (Å²) in [5.41, 5.74) is 2.75. The Kier molecular flexibility index (Phi) is 2.68. The van der Waals surface area contributed by atoms with Crippen molar-refractivity contribution < 1.29 is 9.90 Å². The van der Waals surface area contributed by atoms with Gasteiger partial charge in [0.2, 0.25) is 0 Å². The van der Waals surface area contributed by atoms with Gasteiger partial charge in [-0.1, -0.05) is 29.5 Å². The third-order valence-electron chi connectivity index (χ3n) is 2.26. The number of hydrogen-bond acceptors (Lipinski definition) is 3. The van der Waals surface area contributed by atoms with E-state index in [0.717, 1.165) is 11.1 Å². The van der Waals surface area contributed by atoms with Crippen molar-refractivity contribution in [3.63, 3.8) is 0 Å². The van der Waals surface area contributed by atoms with Gasteiger partial charge in [-0.15, -0.1) is 5.10 Å². The van der Waals surface area contributed by atoms with Crippen LogP contribution in [0.1, 0.15) is 5.56 Å². The van der Waals surface area contributed by atoms with Crippen LogP contribution in [0, 0.1) is 6.92 Å². The topological polar surface area (TPSA) is 68.0 Å². The Morgan fingerprint density at radius 1 is 1.44 bits per heavy atom. The summed E-state index contributed by atoms with van der Waals surface area (Å²) in [6.07, 6.45) is 1.64. The molecular formula is C11H11N3O2. The largest absolute Gasteiger partial charge is 0.480 e. The second-order valence-corrected chi connectivity index (χ2v) is 3.51. The summed E-state index contributed by atoms with van der Waals surface area (Å²) in [6, 6.07) is 7.77. The highest BCUT2D eigenvalue weighted by molar-refractivity contribution is 5.67. The van der Waals surface area contributed by atoms with Crippen LogP contribution in [0.5, 0.6) is 0 Å². The summed E-state index contributed by atoms with van der Waals surface area (Å²) in [6.45, 7) is 1.81. The van der Waals surface area contributed by atoms with Crippen LogP contribution in [0.15, 0.2) is 30.5 Å². The minimum atomic E-state index is -0.929. The van der Waals surface area contributed by atoms with Crippen molar-refractivity contribution in [2.45, 2.75) is 13.5 Å². The van der Waals surface area contributed by atoms with E-state index in [9.17, 15) is 4.79 Å². The van der Waals surface area contributed by atoms with E-state index in [4.69, 9.17) is 5.11 Å². The maximum atomic E-state index is 10.5. The zero-order valence-electron chi connectivity index (χ0n) is 8.79. The molecule has 0 saturated heterocycles. The quantitative estimate of drug-likeness (QED) is 0.842. The zero-order chi connectivity index (χ0) is 11.5. The molecule has 1 aromatic heterocycles. The molecule has 0 atom stereocenters. The summed E-state index contributed by atoms with van der Waals surface area (Å²) in [5.74, 6) is -0.929. The molecule has 0 unspecified atom stereocenters. The fourth-order valence-corrected chi connectivity index (χ4v) is 1.50. The van der Waals surface area contributed by atoms with Crippen LogP contribution in [0.3, 0.4) is 0 Å². The van der Waals surface area contributed by atoms with E-state index in [-0.39, 0.29) is 6.54 Å². The summed E-state index contributed by atoms with van der Waals surface area (Å²) in [4.78, 5) is 10.5. The molecule has 0 fully saturated rings. The monoisotopic (exact) mass is 217 g/mol. The van der Waals surface area contributed by atoms with Crippen molar-refractivity contribution in [1.29, 1.82) is 0 Å². The number of carbonyl (C=O) groups is 1. The van der Waals surface area contributed by atoms with Crippen molar-refractivity contribution in [3.05, 3.63) is 36.0 Å². The smallest absolute Gasteiger partial charge is 0.325 e. The first kappa shape index (κ1) is 10.4. The van der Waals surface area contributed by atoms with Crippen LogP contribution in [-0.2, 0) is 11.3 Å². The molecule has 16 heavy (non-hydrogen) atoms. The van der Waals surface area contributed by atoms with E-state index in [1.54, 1.807) is 6.20 Å². The summed E-state index contributed by atoms with van der Waals surface area (Å²) in [5, 5.41) is 16.3. The summed E-state index contributed by atoms with van der Waals surface area (Å²) < 4.78 is 1.31. The predicted octanol–water partition coefficient (Wildman–Crippen LogP) is 1.34. The van der Waals surface area contributed by atoms with Gasteiger partial charge in [-0.25, -0.2) is 4.68 Å². The van der Waals surface area contributed by atoms with E-state index in [1.807, 2.05) is 31.2 Å². The van der Waals surface area contributed by atoms with Crippen LogP contribution in [-0.4, -0.2) is 26.1 Å². The molecule has 1 N–H and O–H groups in total. The lowest BCUT2D eigenvalue weighted by Gasteiger charge is -1.99. The molecule has 82 valence electrons. The van der Waals surface area contributed by atoms with Gasteiger partial charge in [0.15, 0.2) is 0 Å². The zero-order valence-corrected chi connectivity index (χ0v) is 8.79. The molecule has 2 aromatic rings. The van der Waals surface area contributed by atoms with Crippen LogP contribution in [0.25, 0.3) is 11.3 Å². The molecule has 0 amide bonds. The molecule has 0 radical (unpaired) electrons. The Labute approximate surface area is 92.3 Å². The Morgan fingerprint density at radius 2 is 2.19 bits per heavy atom. The van der Waals surface area contributed by atoms with Gasteiger partial charge in [-0.05, 0) is 12.5 Å². The van der Waals surface area contributed by atoms with Gasteiger partial charge in [-0.2, -0.15) is 0 Å². The van der Waals surface area contributed by atoms with Gasteiger partial charge >= 0.3 is 5.97 Å². The number of nitrogens with zero attached hydrogens (tertiary/aromatic N) is 3. The van der Waals surface area contributed by atoms with Gasteiger partial charge in [-0.3, -0.25) is 4.79 Å². The number of carboxylic acids is 1. The maximum absolute atomic E-state index is 10.5. The lowest BCUT2D eigenvalue weighted by molar-refractivity contribution is -0.137. The minimum Gasteiger partial charge on any atom is -0.480 e. The maximum Gasteiger partial charge on any atom is 0.325 e. The van der Waals surface area contributed by atoms with Crippen molar-refractivity contribution in [1.82, 2.24) is 15.0 Å². The standard InChI is InChI=1S/C11H11N3O2/c1-8-4-2-3-5-9(8)10-6-14(13-12-10)7-11(15)16/h2-6H,7H2,1H3,(H,15,16). The highest BCUT2D eigenvalue weighted by Gasteiger charge is 2.07. The average Bonchev–Trinajstić information content (AvgIpc) is 2.66. The Morgan fingerprint density at radius 3 is 2.88 bits per heavy atom. The predicted molar refractivity (Wildman–Crippen MR) is 57.8 cm³/mol. The number of aliphatic carboxylic acids is 1. The molecule has 0 bridgehead atoms. The summed E-state index contributed by atoms with van der Waals surface area (Å²) in [7, 11) is 0. The SMILES string of the molecule is Cc1ccccc1-c1cn(CC(=O)O)nn1. The van der Waals surface area contributed by atoms with Gasteiger partial charge < -0.3 is 5.11 Å². The van der Waals surface area contributed by atoms with Crippen LogP contribution in [0.4, 0.5) is 0 Å². The minimum absolute atomic E-state index is 0.168. The number of hydrogen-bond donors (Lipinski definition) is 1. The number of rotatable bonds is 3. The number of aryl methyl sites for hydroxylation is 1. The average molecular weight is 217 g/mol. The lowest BCUT2D eigenvalue weighted by atomic mass is 10.1. The molecule has 0 aliphatic heterocycles. The second-order valence-electron chi connectivity index (χ2n) is 3.51. The van der Waals surface area contributed by atoms with Crippen molar-refractivity contribution >= 4 is 5.97 Å². The van der Waals surface area contributed by atoms with Gasteiger partial charge in [0.1, 0.15) is 12.2 Å². The summed E-state index contributed by atoms with van der Waals surface area (Å²) >= 11 is 0. The third-order valence-corrected chi connectivity index (χ3v) is 2.26. The van der Waals surface area contributed by atoms with E-state index in [1.165, 1.54) is 4.68 Å². The van der Waals surface area contributed by atoms with Crippen molar-refractivity contribution in [2.75, 3.05) is 0 Å². The first-order chi connectivity index (χ1) is 7.66. The lowest BCUT2D eigenvalue weighted by Crippen LogP contribution is -2.08. The van der Waals surface area contributed by atoms with Crippen molar-refractivity contribution in [2.24, 2.45) is 0 Å². The molecule has 0 aliphatic rings. The molecule has 0 saturated carbocycles. The van der Waals surface area contributed by atoms with Crippen LogP contribution in [0.2, 0.25) is 0 Å². The molecule has 1 heterocycles. The van der Waals surface area contributed by atoms with Crippen LogP contribution >= 0.6 is 0 Å². The molecular weight excluding hydrogens is 206 g/mol.